The first-order valence-electron chi connectivity index (χ1n) is 11.6. The van der Waals surface area contributed by atoms with Gasteiger partial charge in [0.05, 0.1) is 29.3 Å². The lowest BCUT2D eigenvalue weighted by atomic mass is 9.57. The summed E-state index contributed by atoms with van der Waals surface area (Å²) in [6.07, 6.45) is 6.28. The molecule has 6 heteroatoms. The number of esters is 1. The van der Waals surface area contributed by atoms with E-state index in [1.54, 1.807) is 6.08 Å². The molecule has 34 heavy (non-hydrogen) atoms. The number of ether oxygens (including phenoxy) is 1. The predicted molar refractivity (Wildman–Crippen MR) is 137 cm³/mol. The highest BCUT2D eigenvalue weighted by Crippen LogP contribution is 2.53. The number of aromatic nitrogens is 1. The molecular formula is C28H27BrN2O3. The third kappa shape index (κ3) is 3.74. The molecule has 0 spiro atoms. The molecule has 1 aromatic heterocycles. The summed E-state index contributed by atoms with van der Waals surface area (Å²) in [5.41, 5.74) is 3.05. The number of hydrogen-bond donors (Lipinski definition) is 1. The highest BCUT2D eigenvalue weighted by molar-refractivity contribution is 9.10. The van der Waals surface area contributed by atoms with Crippen molar-refractivity contribution in [3.05, 3.63) is 70.7 Å². The van der Waals surface area contributed by atoms with Crippen molar-refractivity contribution in [2.45, 2.75) is 44.1 Å². The molecular weight excluding hydrogens is 492 g/mol. The van der Waals surface area contributed by atoms with Gasteiger partial charge in [-0.1, -0.05) is 58.9 Å². The van der Waals surface area contributed by atoms with E-state index in [0.717, 1.165) is 70.7 Å². The first-order chi connectivity index (χ1) is 16.4. The van der Waals surface area contributed by atoms with Crippen LogP contribution < -0.4 is 5.32 Å². The Morgan fingerprint density at radius 2 is 1.74 bits per heavy atom. The normalized spacial score (nSPS) is 23.5. The SMILES string of the molecule is C=Cc1c(-c2ccccc2)nc2ccc(Br)cc2c1C(=O)NC12CCC(C(=O)OC)(CC1)CC2. The number of benzene rings is 2. The Morgan fingerprint density at radius 1 is 1.06 bits per heavy atom. The summed E-state index contributed by atoms with van der Waals surface area (Å²) in [5.74, 6) is -0.233. The Hall–Kier alpha value is -2.99. The van der Waals surface area contributed by atoms with Gasteiger partial charge in [0.2, 0.25) is 0 Å². The van der Waals surface area contributed by atoms with Crippen molar-refractivity contribution in [2.75, 3.05) is 7.11 Å². The standard InChI is InChI=1S/C28H27BrN2O3/c1-3-20-23(25(32)31-28-14-11-27(12-15-28,13-16-28)26(33)34-2)21-17-19(29)9-10-22(21)30-24(20)18-7-5-4-6-8-18/h3-10,17H,1,11-16H2,2H3,(H,31,32). The minimum absolute atomic E-state index is 0.112. The summed E-state index contributed by atoms with van der Waals surface area (Å²) >= 11 is 3.55. The number of pyridine rings is 1. The van der Waals surface area contributed by atoms with Crippen molar-refractivity contribution >= 4 is 44.8 Å². The fraction of sp³-hybridized carbons (Fsp3) is 0.321. The molecule has 3 fully saturated rings. The van der Waals surface area contributed by atoms with E-state index in [0.29, 0.717) is 5.56 Å². The van der Waals surface area contributed by atoms with Gasteiger partial charge < -0.3 is 10.1 Å². The molecule has 5 nitrogen and oxygen atoms in total. The van der Waals surface area contributed by atoms with E-state index >= 15 is 0 Å². The third-order valence-electron chi connectivity index (χ3n) is 7.71. The maximum atomic E-state index is 14.0. The quantitative estimate of drug-likeness (QED) is 0.402. The molecule has 0 radical (unpaired) electrons. The van der Waals surface area contributed by atoms with Crippen LogP contribution in [0.15, 0.2) is 59.6 Å². The number of halogens is 1. The first-order valence-corrected chi connectivity index (χ1v) is 12.4. The average Bonchev–Trinajstić information content (AvgIpc) is 2.88. The van der Waals surface area contributed by atoms with Gasteiger partial charge in [-0.25, -0.2) is 4.98 Å². The van der Waals surface area contributed by atoms with Crippen molar-refractivity contribution in [1.29, 1.82) is 0 Å². The number of rotatable bonds is 5. The number of nitrogens with zero attached hydrogens (tertiary/aromatic N) is 1. The van der Waals surface area contributed by atoms with Crippen LogP contribution in [0.3, 0.4) is 0 Å². The highest BCUT2D eigenvalue weighted by atomic mass is 79.9. The monoisotopic (exact) mass is 518 g/mol. The molecule has 3 aliphatic rings. The molecule has 2 bridgehead atoms. The van der Waals surface area contributed by atoms with E-state index in [4.69, 9.17) is 9.72 Å². The third-order valence-corrected chi connectivity index (χ3v) is 8.20. The predicted octanol–water partition coefficient (Wildman–Crippen LogP) is 6.30. The molecule has 174 valence electrons. The Labute approximate surface area is 207 Å². The smallest absolute Gasteiger partial charge is 0.311 e. The summed E-state index contributed by atoms with van der Waals surface area (Å²) in [7, 11) is 1.46. The zero-order valence-electron chi connectivity index (χ0n) is 19.2. The van der Waals surface area contributed by atoms with Gasteiger partial charge in [0, 0.05) is 26.5 Å². The van der Waals surface area contributed by atoms with Crippen LogP contribution in [-0.4, -0.2) is 29.5 Å². The van der Waals surface area contributed by atoms with Crippen LogP contribution >= 0.6 is 15.9 Å². The number of nitrogens with one attached hydrogen (secondary N) is 1. The second-order valence-electron chi connectivity index (χ2n) is 9.49. The fourth-order valence-corrected chi connectivity index (χ4v) is 6.07. The summed E-state index contributed by atoms with van der Waals surface area (Å²) in [6, 6.07) is 15.7. The van der Waals surface area contributed by atoms with E-state index in [-0.39, 0.29) is 22.8 Å². The van der Waals surface area contributed by atoms with Crippen LogP contribution in [0.4, 0.5) is 0 Å². The van der Waals surface area contributed by atoms with Crippen molar-refractivity contribution in [2.24, 2.45) is 5.41 Å². The van der Waals surface area contributed by atoms with Crippen LogP contribution in [0.5, 0.6) is 0 Å². The number of amides is 1. The molecule has 6 rings (SSSR count). The second-order valence-corrected chi connectivity index (χ2v) is 10.4. The Morgan fingerprint density at radius 3 is 2.35 bits per heavy atom. The molecule has 0 atom stereocenters. The minimum Gasteiger partial charge on any atom is -0.469 e. The molecule has 1 heterocycles. The van der Waals surface area contributed by atoms with Crippen molar-refractivity contribution in [3.63, 3.8) is 0 Å². The van der Waals surface area contributed by atoms with Gasteiger partial charge >= 0.3 is 5.97 Å². The molecule has 0 aliphatic heterocycles. The van der Waals surface area contributed by atoms with Crippen LogP contribution in [0.25, 0.3) is 28.2 Å². The average molecular weight is 519 g/mol. The first kappa shape index (κ1) is 22.8. The van der Waals surface area contributed by atoms with E-state index in [2.05, 4.69) is 27.8 Å². The lowest BCUT2D eigenvalue weighted by Crippen LogP contribution is -2.58. The van der Waals surface area contributed by atoms with Gasteiger partial charge in [0.25, 0.3) is 5.91 Å². The number of carbonyl (C=O) groups excluding carboxylic acids is 2. The van der Waals surface area contributed by atoms with Crippen LogP contribution in [-0.2, 0) is 9.53 Å². The summed E-state index contributed by atoms with van der Waals surface area (Å²) in [4.78, 5) is 31.3. The highest BCUT2D eigenvalue weighted by Gasteiger charge is 2.53. The van der Waals surface area contributed by atoms with Crippen molar-refractivity contribution < 1.29 is 14.3 Å². The molecule has 3 aliphatic carbocycles. The van der Waals surface area contributed by atoms with Crippen LogP contribution in [0, 0.1) is 5.41 Å². The molecule has 2 aromatic carbocycles. The molecule has 1 amide bonds. The van der Waals surface area contributed by atoms with Gasteiger partial charge in [0.15, 0.2) is 0 Å². The van der Waals surface area contributed by atoms with Gasteiger partial charge in [-0.05, 0) is 56.7 Å². The second kappa shape index (κ2) is 8.66. The Kier molecular flexibility index (Phi) is 5.80. The molecule has 3 aromatic rings. The summed E-state index contributed by atoms with van der Waals surface area (Å²) < 4.78 is 5.97. The van der Waals surface area contributed by atoms with E-state index in [9.17, 15) is 9.59 Å². The van der Waals surface area contributed by atoms with Crippen molar-refractivity contribution in [3.8, 4) is 11.3 Å². The topological polar surface area (TPSA) is 68.3 Å². The Bertz CT molecular complexity index is 1280. The maximum absolute atomic E-state index is 14.0. The number of hydrogen-bond acceptors (Lipinski definition) is 4. The van der Waals surface area contributed by atoms with Gasteiger partial charge in [0.1, 0.15) is 0 Å². The summed E-state index contributed by atoms with van der Waals surface area (Å²) in [6.45, 7) is 4.04. The van der Waals surface area contributed by atoms with Gasteiger partial charge in [-0.15, -0.1) is 0 Å². The largest absolute Gasteiger partial charge is 0.469 e. The number of carbonyl (C=O) groups is 2. The van der Waals surface area contributed by atoms with E-state index in [1.807, 2.05) is 48.5 Å². The fourth-order valence-electron chi connectivity index (χ4n) is 5.71. The van der Waals surface area contributed by atoms with Crippen molar-refractivity contribution in [1.82, 2.24) is 10.3 Å². The van der Waals surface area contributed by atoms with Gasteiger partial charge in [-0.2, -0.15) is 0 Å². The van der Waals surface area contributed by atoms with Gasteiger partial charge in [-0.3, -0.25) is 9.59 Å². The Balaban J connectivity index is 1.57. The minimum atomic E-state index is -0.387. The lowest BCUT2D eigenvalue weighted by Gasteiger charge is -2.52. The van der Waals surface area contributed by atoms with Crippen LogP contribution in [0.2, 0.25) is 0 Å². The maximum Gasteiger partial charge on any atom is 0.311 e. The van der Waals surface area contributed by atoms with E-state index < -0.39 is 0 Å². The number of methoxy groups -OCH3 is 1. The summed E-state index contributed by atoms with van der Waals surface area (Å²) in [5, 5.41) is 4.18. The molecule has 3 saturated carbocycles. The molecule has 1 N–H and O–H groups in total. The zero-order chi connectivity index (χ0) is 23.9. The van der Waals surface area contributed by atoms with Crippen LogP contribution in [0.1, 0.15) is 54.4 Å². The zero-order valence-corrected chi connectivity index (χ0v) is 20.8. The molecule has 0 unspecified atom stereocenters. The van der Waals surface area contributed by atoms with E-state index in [1.165, 1.54) is 7.11 Å². The molecule has 0 saturated heterocycles. The number of fused-ring (bicyclic) bond motifs is 4. The lowest BCUT2D eigenvalue weighted by molar-refractivity contribution is -0.160.